The van der Waals surface area contributed by atoms with Gasteiger partial charge in [0.25, 0.3) is 5.69 Å². The molecule has 0 radical (unpaired) electrons. The van der Waals surface area contributed by atoms with Crippen LogP contribution in [0.4, 0.5) is 5.69 Å². The Kier molecular flexibility index (Phi) is 4.59. The van der Waals surface area contributed by atoms with E-state index in [4.69, 9.17) is 0 Å². The van der Waals surface area contributed by atoms with Crippen LogP contribution in [0.25, 0.3) is 0 Å². The number of nitrogens with one attached hydrogen (secondary N) is 2. The molecule has 132 valence electrons. The van der Waals surface area contributed by atoms with E-state index in [-0.39, 0.29) is 17.1 Å². The number of hydrogen-bond acceptors (Lipinski definition) is 5. The summed E-state index contributed by atoms with van der Waals surface area (Å²) >= 11 is 0. The highest BCUT2D eigenvalue weighted by Gasteiger charge is 2.29. The second-order valence-electron chi connectivity index (χ2n) is 6.17. The summed E-state index contributed by atoms with van der Waals surface area (Å²) in [5.41, 5.74) is 3.47. The van der Waals surface area contributed by atoms with Crippen LogP contribution in [-0.4, -0.2) is 13.3 Å². The van der Waals surface area contributed by atoms with Crippen molar-refractivity contribution in [2.24, 2.45) is 0 Å². The van der Waals surface area contributed by atoms with Crippen molar-refractivity contribution < 1.29 is 13.3 Å². The van der Waals surface area contributed by atoms with Gasteiger partial charge in [0, 0.05) is 25.2 Å². The Hall–Kier alpha value is -2.29. The van der Waals surface area contributed by atoms with Crippen molar-refractivity contribution >= 4 is 15.7 Å². The molecular formula is C17H19N3O4S. The highest BCUT2D eigenvalue weighted by Crippen LogP contribution is 2.30. The molecule has 0 unspecified atom stereocenters. The van der Waals surface area contributed by atoms with Crippen molar-refractivity contribution in [1.29, 1.82) is 0 Å². The number of rotatable bonds is 5. The van der Waals surface area contributed by atoms with Gasteiger partial charge in [-0.05, 0) is 36.1 Å². The predicted octanol–water partition coefficient (Wildman–Crippen LogP) is 2.29. The molecule has 0 bridgehead atoms. The van der Waals surface area contributed by atoms with Gasteiger partial charge in [-0.2, -0.15) is 0 Å². The van der Waals surface area contributed by atoms with Gasteiger partial charge >= 0.3 is 0 Å². The van der Waals surface area contributed by atoms with Crippen molar-refractivity contribution in [1.82, 2.24) is 10.0 Å². The Bertz CT molecular complexity index is 955. The van der Waals surface area contributed by atoms with Crippen LogP contribution < -0.4 is 10.0 Å². The first-order valence-electron chi connectivity index (χ1n) is 7.85. The number of nitro benzene ring substituents is 1. The molecule has 1 aliphatic heterocycles. The van der Waals surface area contributed by atoms with Crippen molar-refractivity contribution in [3.05, 3.63) is 68.3 Å². The predicted molar refractivity (Wildman–Crippen MR) is 93.6 cm³/mol. The molecule has 0 spiro atoms. The van der Waals surface area contributed by atoms with Crippen LogP contribution in [0.1, 0.15) is 27.8 Å². The zero-order valence-corrected chi connectivity index (χ0v) is 14.8. The fraction of sp³-hybridized carbons (Fsp3) is 0.294. The van der Waals surface area contributed by atoms with E-state index in [9.17, 15) is 18.5 Å². The lowest BCUT2D eigenvalue weighted by Gasteiger charge is -2.12. The first-order chi connectivity index (χ1) is 11.8. The molecule has 7 nitrogen and oxygen atoms in total. The summed E-state index contributed by atoms with van der Waals surface area (Å²) in [5.74, 6) is 0. The molecule has 1 heterocycles. The Morgan fingerprint density at radius 3 is 2.52 bits per heavy atom. The largest absolute Gasteiger partial charge is 0.309 e. The van der Waals surface area contributed by atoms with E-state index in [2.05, 4.69) is 10.0 Å². The van der Waals surface area contributed by atoms with Crippen LogP contribution in [0.2, 0.25) is 0 Å². The number of fused-ring (bicyclic) bond motifs is 1. The molecule has 0 saturated carbocycles. The lowest BCUT2D eigenvalue weighted by atomic mass is 10.1. The zero-order chi connectivity index (χ0) is 18.2. The van der Waals surface area contributed by atoms with E-state index in [1.807, 2.05) is 18.2 Å². The minimum atomic E-state index is -4.01. The third kappa shape index (κ3) is 3.41. The van der Waals surface area contributed by atoms with Crippen molar-refractivity contribution in [3.8, 4) is 0 Å². The van der Waals surface area contributed by atoms with E-state index in [1.165, 1.54) is 12.5 Å². The molecule has 1 aliphatic rings. The SMILES string of the molecule is Cc1ccc(C)c(S(=O)(=O)NCc2ccc3c(c2)CNC3)c1[N+](=O)[O-]. The minimum absolute atomic E-state index is 0.0835. The molecular weight excluding hydrogens is 342 g/mol. The molecule has 3 rings (SSSR count). The fourth-order valence-corrected chi connectivity index (χ4v) is 4.53. The van der Waals surface area contributed by atoms with Crippen molar-refractivity contribution in [2.75, 3.05) is 0 Å². The van der Waals surface area contributed by atoms with Gasteiger partial charge in [-0.15, -0.1) is 0 Å². The molecule has 2 aromatic carbocycles. The minimum Gasteiger partial charge on any atom is -0.309 e. The molecule has 25 heavy (non-hydrogen) atoms. The van der Waals surface area contributed by atoms with E-state index < -0.39 is 14.9 Å². The van der Waals surface area contributed by atoms with Crippen LogP contribution in [0, 0.1) is 24.0 Å². The van der Waals surface area contributed by atoms with Gasteiger partial charge in [0.2, 0.25) is 10.0 Å². The summed E-state index contributed by atoms with van der Waals surface area (Å²) in [6, 6.07) is 8.93. The van der Waals surface area contributed by atoms with Crippen molar-refractivity contribution in [2.45, 2.75) is 38.4 Å². The highest BCUT2D eigenvalue weighted by atomic mass is 32.2. The van der Waals surface area contributed by atoms with Gasteiger partial charge in [-0.25, -0.2) is 13.1 Å². The van der Waals surface area contributed by atoms with Crippen LogP contribution >= 0.6 is 0 Å². The van der Waals surface area contributed by atoms with Crippen molar-refractivity contribution in [3.63, 3.8) is 0 Å². The Labute approximate surface area is 146 Å². The number of nitrogens with zero attached hydrogens (tertiary/aromatic N) is 1. The number of benzene rings is 2. The third-order valence-corrected chi connectivity index (χ3v) is 5.93. The topological polar surface area (TPSA) is 101 Å². The Morgan fingerprint density at radius 1 is 1.12 bits per heavy atom. The standard InChI is InChI=1S/C17H19N3O4S/c1-11-3-4-12(2)17(16(11)20(21)22)25(23,24)19-8-13-5-6-14-9-18-10-15(14)7-13/h3-7,18-19H,8-10H2,1-2H3. The molecule has 2 N–H and O–H groups in total. The van der Waals surface area contributed by atoms with E-state index in [0.717, 1.165) is 24.2 Å². The number of aryl methyl sites for hydroxylation is 2. The zero-order valence-electron chi connectivity index (χ0n) is 14.0. The molecule has 8 heteroatoms. The fourth-order valence-electron chi connectivity index (χ4n) is 3.05. The number of hydrogen-bond donors (Lipinski definition) is 2. The molecule has 0 amide bonds. The smallest absolute Gasteiger partial charge is 0.292 e. The Balaban J connectivity index is 1.90. The maximum absolute atomic E-state index is 12.7. The van der Waals surface area contributed by atoms with E-state index in [0.29, 0.717) is 11.1 Å². The second-order valence-corrected chi connectivity index (χ2v) is 7.87. The van der Waals surface area contributed by atoms with Gasteiger partial charge in [-0.3, -0.25) is 10.1 Å². The average molecular weight is 361 g/mol. The summed E-state index contributed by atoms with van der Waals surface area (Å²) in [6.07, 6.45) is 0. The van der Waals surface area contributed by atoms with Crippen LogP contribution in [0.5, 0.6) is 0 Å². The van der Waals surface area contributed by atoms with E-state index in [1.54, 1.807) is 19.1 Å². The lowest BCUT2D eigenvalue weighted by Crippen LogP contribution is -2.25. The van der Waals surface area contributed by atoms with Crippen LogP contribution in [-0.2, 0) is 29.7 Å². The monoisotopic (exact) mass is 361 g/mol. The summed E-state index contributed by atoms with van der Waals surface area (Å²) < 4.78 is 27.9. The first-order valence-corrected chi connectivity index (χ1v) is 9.33. The molecule has 0 atom stereocenters. The van der Waals surface area contributed by atoms with Gasteiger partial charge < -0.3 is 5.32 Å². The quantitative estimate of drug-likeness (QED) is 0.628. The van der Waals surface area contributed by atoms with Gasteiger partial charge in [-0.1, -0.05) is 30.3 Å². The summed E-state index contributed by atoms with van der Waals surface area (Å²) in [4.78, 5) is 10.4. The van der Waals surface area contributed by atoms with Gasteiger partial charge in [0.15, 0.2) is 4.90 Å². The lowest BCUT2D eigenvalue weighted by molar-refractivity contribution is -0.388. The molecule has 0 aromatic heterocycles. The highest BCUT2D eigenvalue weighted by molar-refractivity contribution is 7.89. The molecule has 2 aromatic rings. The molecule has 0 saturated heterocycles. The number of nitro groups is 1. The third-order valence-electron chi connectivity index (χ3n) is 4.35. The van der Waals surface area contributed by atoms with Crippen LogP contribution in [0.15, 0.2) is 35.2 Å². The van der Waals surface area contributed by atoms with Gasteiger partial charge in [0.05, 0.1) is 4.92 Å². The summed E-state index contributed by atoms with van der Waals surface area (Å²) in [5, 5.41) is 14.6. The van der Waals surface area contributed by atoms with E-state index >= 15 is 0 Å². The second kappa shape index (κ2) is 6.55. The summed E-state index contributed by atoms with van der Waals surface area (Å²) in [7, 11) is -4.01. The maximum atomic E-state index is 12.7. The first kappa shape index (κ1) is 17.5. The number of sulfonamides is 1. The maximum Gasteiger partial charge on any atom is 0.292 e. The van der Waals surface area contributed by atoms with Crippen LogP contribution in [0.3, 0.4) is 0 Å². The molecule has 0 fully saturated rings. The average Bonchev–Trinajstić information content (AvgIpc) is 3.02. The van der Waals surface area contributed by atoms with Gasteiger partial charge in [0.1, 0.15) is 0 Å². The Morgan fingerprint density at radius 2 is 1.80 bits per heavy atom. The normalized spacial score (nSPS) is 13.7. The molecule has 0 aliphatic carbocycles. The summed E-state index contributed by atoms with van der Waals surface area (Å²) in [6.45, 7) is 4.75.